The lowest BCUT2D eigenvalue weighted by atomic mass is 10.0. The van der Waals surface area contributed by atoms with Crippen LogP contribution in [-0.2, 0) is 6.42 Å². The first kappa shape index (κ1) is 18.1. The van der Waals surface area contributed by atoms with Crippen LogP contribution in [0, 0.1) is 0 Å². The lowest BCUT2D eigenvalue weighted by molar-refractivity contribution is 0.102. The second-order valence-electron chi connectivity index (χ2n) is 6.20. The summed E-state index contributed by atoms with van der Waals surface area (Å²) in [4.78, 5) is 17.2. The molecule has 0 fully saturated rings. The van der Waals surface area contributed by atoms with Gasteiger partial charge in [-0.3, -0.25) is 9.79 Å². The minimum Gasteiger partial charge on any atom is -0.322 e. The van der Waals surface area contributed by atoms with Crippen molar-refractivity contribution in [3.05, 3.63) is 92.4 Å². The van der Waals surface area contributed by atoms with Crippen molar-refractivity contribution in [1.29, 1.82) is 0 Å². The number of rotatable bonds is 3. The Labute approximate surface area is 171 Å². The van der Waals surface area contributed by atoms with Crippen molar-refractivity contribution in [1.82, 2.24) is 0 Å². The number of anilines is 1. The van der Waals surface area contributed by atoms with Crippen LogP contribution in [0.15, 0.2) is 65.7 Å². The van der Waals surface area contributed by atoms with Gasteiger partial charge in [-0.25, -0.2) is 0 Å². The monoisotopic (exact) mass is 414 g/mol. The number of fused-ring (bicyclic) bond motifs is 1. The Balaban J connectivity index is 1.56. The van der Waals surface area contributed by atoms with E-state index in [-0.39, 0.29) is 5.91 Å². The standard InChI is InChI=1S/C21H13Cl3N2O/c22-15-4-5-19-13(6-15)10-20(26-19)12-2-1-3-18(9-12)25-21(27)14-7-16(23)11-17(24)8-14/h1-9,11H,10H2,(H,25,27). The second-order valence-corrected chi connectivity index (χ2v) is 7.51. The Morgan fingerprint density at radius 1 is 0.889 bits per heavy atom. The molecule has 0 saturated heterocycles. The third-order valence-electron chi connectivity index (χ3n) is 4.23. The largest absolute Gasteiger partial charge is 0.322 e. The van der Waals surface area contributed by atoms with Crippen LogP contribution in [0.1, 0.15) is 21.5 Å². The molecule has 1 N–H and O–H groups in total. The quantitative estimate of drug-likeness (QED) is 0.516. The summed E-state index contributed by atoms with van der Waals surface area (Å²) in [6, 6.07) is 18.0. The third-order valence-corrected chi connectivity index (χ3v) is 4.90. The van der Waals surface area contributed by atoms with Gasteiger partial charge >= 0.3 is 0 Å². The van der Waals surface area contributed by atoms with Gasteiger partial charge in [-0.2, -0.15) is 0 Å². The molecule has 134 valence electrons. The van der Waals surface area contributed by atoms with Crippen molar-refractivity contribution < 1.29 is 4.79 Å². The van der Waals surface area contributed by atoms with Gasteiger partial charge in [0.15, 0.2) is 0 Å². The van der Waals surface area contributed by atoms with Crippen molar-refractivity contribution in [2.75, 3.05) is 5.32 Å². The zero-order chi connectivity index (χ0) is 19.0. The lowest BCUT2D eigenvalue weighted by Gasteiger charge is -2.08. The SMILES string of the molecule is O=C(Nc1cccc(C2=Nc3ccc(Cl)cc3C2)c1)c1cc(Cl)cc(Cl)c1. The minimum absolute atomic E-state index is 0.278. The van der Waals surface area contributed by atoms with Gasteiger partial charge in [0.25, 0.3) is 5.91 Å². The average molecular weight is 416 g/mol. The fraction of sp³-hybridized carbons (Fsp3) is 0.0476. The van der Waals surface area contributed by atoms with Crippen molar-refractivity contribution in [2.24, 2.45) is 4.99 Å². The summed E-state index contributed by atoms with van der Waals surface area (Å²) in [5.74, 6) is -0.278. The highest BCUT2D eigenvalue weighted by atomic mass is 35.5. The number of hydrogen-bond acceptors (Lipinski definition) is 2. The Hall–Kier alpha value is -2.33. The maximum absolute atomic E-state index is 12.5. The van der Waals surface area contributed by atoms with E-state index in [2.05, 4.69) is 10.3 Å². The van der Waals surface area contributed by atoms with Crippen molar-refractivity contribution in [3.8, 4) is 0 Å². The van der Waals surface area contributed by atoms with E-state index in [9.17, 15) is 4.79 Å². The van der Waals surface area contributed by atoms with Crippen molar-refractivity contribution >= 4 is 57.8 Å². The van der Waals surface area contributed by atoms with Crippen molar-refractivity contribution in [3.63, 3.8) is 0 Å². The topological polar surface area (TPSA) is 41.5 Å². The summed E-state index contributed by atoms with van der Waals surface area (Å²) in [6.45, 7) is 0. The van der Waals surface area contributed by atoms with Crippen molar-refractivity contribution in [2.45, 2.75) is 6.42 Å². The zero-order valence-corrected chi connectivity index (χ0v) is 16.2. The molecule has 4 rings (SSSR count). The molecule has 0 aromatic heterocycles. The van der Waals surface area contributed by atoms with E-state index in [1.54, 1.807) is 18.2 Å². The molecule has 0 radical (unpaired) electrons. The molecule has 3 aromatic carbocycles. The van der Waals surface area contributed by atoms with E-state index in [0.29, 0.717) is 32.7 Å². The van der Waals surface area contributed by atoms with Gasteiger partial charge in [0.2, 0.25) is 0 Å². The summed E-state index contributed by atoms with van der Waals surface area (Å²) in [5.41, 5.74) is 4.99. The van der Waals surface area contributed by atoms with E-state index in [4.69, 9.17) is 34.8 Å². The van der Waals surface area contributed by atoms with E-state index in [1.807, 2.05) is 42.5 Å². The van der Waals surface area contributed by atoms with Crippen LogP contribution in [0.5, 0.6) is 0 Å². The number of carbonyl (C=O) groups is 1. The summed E-state index contributed by atoms with van der Waals surface area (Å²) >= 11 is 18.0. The third kappa shape index (κ3) is 4.01. The number of hydrogen-bond donors (Lipinski definition) is 1. The number of nitrogens with zero attached hydrogens (tertiary/aromatic N) is 1. The molecule has 6 heteroatoms. The van der Waals surface area contributed by atoms with Gasteiger partial charge in [0, 0.05) is 32.7 Å². The molecule has 3 nitrogen and oxygen atoms in total. The first-order valence-corrected chi connectivity index (χ1v) is 9.35. The predicted octanol–water partition coefficient (Wildman–Crippen LogP) is 6.58. The van der Waals surface area contributed by atoms with Gasteiger partial charge in [0.05, 0.1) is 11.4 Å². The van der Waals surface area contributed by atoms with Gasteiger partial charge in [-0.1, -0.05) is 46.9 Å². The Morgan fingerprint density at radius 3 is 2.44 bits per heavy atom. The van der Waals surface area contributed by atoms with E-state index in [1.165, 1.54) is 0 Å². The number of amides is 1. The molecule has 1 aliphatic heterocycles. The van der Waals surface area contributed by atoms with Crippen LogP contribution in [-0.4, -0.2) is 11.6 Å². The van der Waals surface area contributed by atoms with Crippen LogP contribution in [0.2, 0.25) is 15.1 Å². The molecule has 1 amide bonds. The molecule has 1 aliphatic rings. The minimum atomic E-state index is -0.278. The summed E-state index contributed by atoms with van der Waals surface area (Å²) in [5, 5.41) is 4.40. The summed E-state index contributed by atoms with van der Waals surface area (Å²) < 4.78 is 0. The number of aliphatic imine (C=N–C) groups is 1. The fourth-order valence-corrected chi connectivity index (χ4v) is 3.72. The highest BCUT2D eigenvalue weighted by Gasteiger charge is 2.17. The fourth-order valence-electron chi connectivity index (χ4n) is 3.00. The highest BCUT2D eigenvalue weighted by Crippen LogP contribution is 2.31. The first-order chi connectivity index (χ1) is 13.0. The van der Waals surface area contributed by atoms with Crippen LogP contribution in [0.3, 0.4) is 0 Å². The highest BCUT2D eigenvalue weighted by molar-refractivity contribution is 6.35. The van der Waals surface area contributed by atoms with Crippen LogP contribution in [0.4, 0.5) is 11.4 Å². The Kier molecular flexibility index (Phi) is 4.92. The Bertz CT molecular complexity index is 1070. The maximum atomic E-state index is 12.5. The molecule has 1 heterocycles. The molecule has 0 unspecified atom stereocenters. The molecule has 3 aromatic rings. The number of benzene rings is 3. The number of halogens is 3. The average Bonchev–Trinajstić information content (AvgIpc) is 3.04. The summed E-state index contributed by atoms with van der Waals surface area (Å²) in [6.07, 6.45) is 0.706. The normalized spacial score (nSPS) is 12.5. The van der Waals surface area contributed by atoms with Gasteiger partial charge < -0.3 is 5.32 Å². The van der Waals surface area contributed by atoms with E-state index >= 15 is 0 Å². The predicted molar refractivity (Wildman–Crippen MR) is 112 cm³/mol. The maximum Gasteiger partial charge on any atom is 0.255 e. The molecule has 0 bridgehead atoms. The molecule has 0 aliphatic carbocycles. The smallest absolute Gasteiger partial charge is 0.255 e. The van der Waals surface area contributed by atoms with Gasteiger partial charge in [-0.15, -0.1) is 0 Å². The molecule has 27 heavy (non-hydrogen) atoms. The van der Waals surface area contributed by atoms with Crippen LogP contribution < -0.4 is 5.32 Å². The Morgan fingerprint density at radius 2 is 1.67 bits per heavy atom. The molecular formula is C21H13Cl3N2O. The summed E-state index contributed by atoms with van der Waals surface area (Å²) in [7, 11) is 0. The molecular weight excluding hydrogens is 403 g/mol. The van der Waals surface area contributed by atoms with Crippen LogP contribution >= 0.6 is 34.8 Å². The van der Waals surface area contributed by atoms with Gasteiger partial charge in [-0.05, 0) is 59.7 Å². The van der Waals surface area contributed by atoms with E-state index in [0.717, 1.165) is 22.5 Å². The second kappa shape index (κ2) is 7.35. The zero-order valence-electron chi connectivity index (χ0n) is 14.0. The number of nitrogens with one attached hydrogen (secondary N) is 1. The lowest BCUT2D eigenvalue weighted by Crippen LogP contribution is -2.12. The molecule has 0 spiro atoms. The number of carbonyl (C=O) groups excluding carboxylic acids is 1. The van der Waals surface area contributed by atoms with E-state index < -0.39 is 0 Å². The molecule has 0 saturated carbocycles. The van der Waals surface area contributed by atoms with Crippen LogP contribution in [0.25, 0.3) is 0 Å². The molecule has 0 atom stereocenters. The van der Waals surface area contributed by atoms with Gasteiger partial charge in [0.1, 0.15) is 0 Å². The first-order valence-electron chi connectivity index (χ1n) is 8.22.